The molecule has 13 aliphatic rings. The van der Waals surface area contributed by atoms with E-state index in [4.69, 9.17) is 0 Å². The first-order valence-corrected chi connectivity index (χ1v) is 19.7. The third kappa shape index (κ3) is 2.94. The van der Waals surface area contributed by atoms with E-state index in [9.17, 15) is 19.2 Å². The average molecular weight is 657 g/mol. The van der Waals surface area contributed by atoms with Crippen LogP contribution in [0.25, 0.3) is 0 Å². The predicted octanol–water partition coefficient (Wildman–Crippen LogP) is 3.45. The molecule has 0 spiro atoms. The van der Waals surface area contributed by atoms with Crippen LogP contribution in [0.1, 0.15) is 77.0 Å². The van der Waals surface area contributed by atoms with Gasteiger partial charge in [0.05, 0.1) is 75.0 Å². The van der Waals surface area contributed by atoms with Gasteiger partial charge in [-0.2, -0.15) is 0 Å². The maximum Gasteiger partial charge on any atom is 0.323 e. The SMILES string of the molecule is O=C1N2CN3C(=O)N(CN4C(=O)N(CN5C(=O)N(CN1C1C6CCC(C6)C12)C1C2CCC(C2)C15)C1C2CCC(C2)C14)C1C2CCC(C2)C13. The van der Waals surface area contributed by atoms with Crippen LogP contribution < -0.4 is 0 Å². The van der Waals surface area contributed by atoms with Crippen LogP contribution in [0.4, 0.5) is 19.2 Å². The number of nitrogens with zero attached hydrogens (tertiary/aromatic N) is 8. The van der Waals surface area contributed by atoms with Gasteiger partial charge >= 0.3 is 24.1 Å². The average Bonchev–Trinajstić information content (AvgIpc) is 3.93. The van der Waals surface area contributed by atoms with Crippen molar-refractivity contribution in [2.24, 2.45) is 47.3 Å². The fraction of sp³-hybridized carbons (Fsp3) is 0.889. The van der Waals surface area contributed by atoms with Crippen molar-refractivity contribution in [3.8, 4) is 0 Å². The van der Waals surface area contributed by atoms with E-state index in [-0.39, 0.29) is 72.5 Å². The van der Waals surface area contributed by atoms with Gasteiger partial charge in [-0.15, -0.1) is 0 Å². The van der Waals surface area contributed by atoms with Crippen molar-refractivity contribution >= 4 is 24.1 Å². The molecule has 5 aliphatic heterocycles. The number of fused-ring (bicyclic) bond motifs is 36. The predicted molar refractivity (Wildman–Crippen MR) is 169 cm³/mol. The Balaban J connectivity index is 0.952. The molecular weight excluding hydrogens is 608 g/mol. The number of carbonyl (C=O) groups excluding carboxylic acids is 4. The Labute approximate surface area is 281 Å². The zero-order valence-corrected chi connectivity index (χ0v) is 27.8. The van der Waals surface area contributed by atoms with Gasteiger partial charge in [0, 0.05) is 0 Å². The largest absolute Gasteiger partial charge is 0.323 e. The summed E-state index contributed by atoms with van der Waals surface area (Å²) in [5.41, 5.74) is 0. The number of amides is 8. The number of hydrogen-bond donors (Lipinski definition) is 0. The van der Waals surface area contributed by atoms with Crippen molar-refractivity contribution in [1.82, 2.24) is 39.2 Å². The van der Waals surface area contributed by atoms with Gasteiger partial charge in [-0.1, -0.05) is 0 Å². The molecule has 0 aromatic rings. The van der Waals surface area contributed by atoms with E-state index in [1.807, 2.05) is 0 Å². The molecule has 16 atom stereocenters. The summed E-state index contributed by atoms with van der Waals surface area (Å²) in [5, 5.41) is 0. The van der Waals surface area contributed by atoms with Crippen LogP contribution in [0.5, 0.6) is 0 Å². The molecule has 5 saturated heterocycles. The summed E-state index contributed by atoms with van der Waals surface area (Å²) < 4.78 is 0. The van der Waals surface area contributed by atoms with Crippen LogP contribution in [0, 0.1) is 47.3 Å². The summed E-state index contributed by atoms with van der Waals surface area (Å²) in [6.45, 7) is 1.42. The molecule has 12 nitrogen and oxygen atoms in total. The summed E-state index contributed by atoms with van der Waals surface area (Å²) >= 11 is 0. The van der Waals surface area contributed by atoms with Gasteiger partial charge in [0.1, 0.15) is 0 Å². The molecule has 0 aromatic carbocycles. The van der Waals surface area contributed by atoms with Gasteiger partial charge in [0.2, 0.25) is 0 Å². The number of hydrogen-bond acceptors (Lipinski definition) is 4. The molecule has 5 heterocycles. The summed E-state index contributed by atoms with van der Waals surface area (Å²) in [6.07, 6.45) is 13.9. The summed E-state index contributed by atoms with van der Waals surface area (Å²) in [4.78, 5) is 75.8. The number of rotatable bonds is 0. The first kappa shape index (κ1) is 26.9. The van der Waals surface area contributed by atoms with Crippen LogP contribution in [0.2, 0.25) is 0 Å². The third-order valence-electron chi connectivity index (χ3n) is 17.4. The lowest BCUT2D eigenvalue weighted by Crippen LogP contribution is -2.52. The van der Waals surface area contributed by atoms with E-state index in [1.165, 1.54) is 0 Å². The fourth-order valence-electron chi connectivity index (χ4n) is 16.0. The van der Waals surface area contributed by atoms with Gasteiger partial charge in [0.25, 0.3) is 0 Å². The highest BCUT2D eigenvalue weighted by Crippen LogP contribution is 2.58. The van der Waals surface area contributed by atoms with Crippen molar-refractivity contribution in [2.75, 3.05) is 26.7 Å². The lowest BCUT2D eigenvalue weighted by Gasteiger charge is -2.37. The van der Waals surface area contributed by atoms with Crippen LogP contribution in [-0.4, -0.2) is 138 Å². The zero-order chi connectivity index (χ0) is 31.5. The normalized spacial score (nSPS) is 53.2. The lowest BCUT2D eigenvalue weighted by molar-refractivity contribution is 0.100. The Morgan fingerprint density at radius 2 is 0.417 bits per heavy atom. The first-order chi connectivity index (χ1) is 23.4. The second-order valence-electron chi connectivity index (χ2n) is 18.7. The molecule has 8 saturated carbocycles. The van der Waals surface area contributed by atoms with Gasteiger partial charge in [0.15, 0.2) is 0 Å². The standard InChI is InChI=1S/C36H48N8O4/c45-33-37-13-39-27-19-3-4-20(10-19)28(27)41(34(39)46)15-43-31-23-7-8-24(12-23)32(31)44(36(43)48)16-42-30-22-6-5-21(11-22)29(30)40(35(42)47)14-38(33)26-18-2-1-17(9-18)25(26)37/h17-32H,1-16H2. The monoisotopic (exact) mass is 656 g/mol. The highest BCUT2D eigenvalue weighted by molar-refractivity contribution is 5.85. The second kappa shape index (κ2) is 8.68. The minimum Gasteiger partial charge on any atom is -0.301 e. The molecule has 48 heavy (non-hydrogen) atoms. The van der Waals surface area contributed by atoms with Gasteiger partial charge in [-0.05, 0) is 124 Å². The molecule has 8 aliphatic carbocycles. The molecule has 16 bridgehead atoms. The van der Waals surface area contributed by atoms with E-state index in [0.717, 1.165) is 77.0 Å². The van der Waals surface area contributed by atoms with Crippen LogP contribution in [0.15, 0.2) is 0 Å². The molecule has 0 aromatic heterocycles. The highest BCUT2D eigenvalue weighted by atomic mass is 16.2. The Bertz CT molecular complexity index is 1240. The van der Waals surface area contributed by atoms with Crippen molar-refractivity contribution < 1.29 is 19.2 Å². The fourth-order valence-corrected chi connectivity index (χ4v) is 16.0. The highest BCUT2D eigenvalue weighted by Gasteiger charge is 2.68. The Hall–Kier alpha value is -2.92. The van der Waals surface area contributed by atoms with E-state index in [2.05, 4.69) is 39.2 Å². The summed E-state index contributed by atoms with van der Waals surface area (Å²) in [7, 11) is 0. The molecule has 13 fully saturated rings. The minimum absolute atomic E-state index is 0.0412. The lowest BCUT2D eigenvalue weighted by atomic mass is 9.89. The summed E-state index contributed by atoms with van der Waals surface area (Å²) in [5.74, 6) is 3.81. The van der Waals surface area contributed by atoms with E-state index >= 15 is 0 Å². The number of urea groups is 4. The molecule has 0 N–H and O–H groups in total. The Morgan fingerprint density at radius 3 is 0.562 bits per heavy atom. The van der Waals surface area contributed by atoms with Crippen molar-refractivity contribution in [3.63, 3.8) is 0 Å². The van der Waals surface area contributed by atoms with Crippen molar-refractivity contribution in [2.45, 2.75) is 125 Å². The molecule has 0 radical (unpaired) electrons. The Kier molecular flexibility index (Phi) is 4.86. The van der Waals surface area contributed by atoms with Gasteiger partial charge < -0.3 is 39.2 Å². The quantitative estimate of drug-likeness (QED) is 0.400. The van der Waals surface area contributed by atoms with Crippen molar-refractivity contribution in [1.29, 1.82) is 0 Å². The maximum atomic E-state index is 14.8. The third-order valence-corrected chi connectivity index (χ3v) is 17.4. The van der Waals surface area contributed by atoms with Crippen LogP contribution >= 0.6 is 0 Å². The molecule has 8 amide bonds. The molecule has 12 heteroatoms. The van der Waals surface area contributed by atoms with Crippen LogP contribution in [-0.2, 0) is 0 Å². The van der Waals surface area contributed by atoms with E-state index in [0.29, 0.717) is 74.0 Å². The second-order valence-corrected chi connectivity index (χ2v) is 18.7. The molecule has 16 unspecified atom stereocenters. The smallest absolute Gasteiger partial charge is 0.301 e. The van der Waals surface area contributed by atoms with E-state index in [1.54, 1.807) is 0 Å². The molecule has 13 rings (SSSR count). The zero-order valence-electron chi connectivity index (χ0n) is 27.8. The maximum absolute atomic E-state index is 14.8. The van der Waals surface area contributed by atoms with Gasteiger partial charge in [-0.3, -0.25) is 0 Å². The molecule has 256 valence electrons. The van der Waals surface area contributed by atoms with Crippen molar-refractivity contribution in [3.05, 3.63) is 0 Å². The topological polar surface area (TPSA) is 94.2 Å². The first-order valence-electron chi connectivity index (χ1n) is 19.7. The Morgan fingerprint density at radius 1 is 0.271 bits per heavy atom. The van der Waals surface area contributed by atoms with E-state index < -0.39 is 0 Å². The number of carbonyl (C=O) groups is 4. The molecular formula is C36H48N8O4. The summed E-state index contributed by atoms with van der Waals surface area (Å²) in [6, 6.07) is 1.15. The van der Waals surface area contributed by atoms with Gasteiger partial charge in [-0.25, -0.2) is 19.2 Å². The van der Waals surface area contributed by atoms with Crippen LogP contribution in [0.3, 0.4) is 0 Å². The minimum atomic E-state index is 0.0412.